The molecule has 2 amide bonds. The molecule has 0 spiro atoms. The van der Waals surface area contributed by atoms with Crippen molar-refractivity contribution in [3.8, 4) is 0 Å². The number of amides is 2. The fraction of sp³-hybridized carbons (Fsp3) is 0.250. The Hall–Kier alpha value is -3.84. The zero-order valence-electron chi connectivity index (χ0n) is 17.5. The summed E-state index contributed by atoms with van der Waals surface area (Å²) in [6, 6.07) is 5.02. The number of anilines is 3. The van der Waals surface area contributed by atoms with Crippen LogP contribution in [0.1, 0.15) is 30.4 Å². The Balaban J connectivity index is 1.57. The van der Waals surface area contributed by atoms with E-state index in [1.807, 2.05) is 0 Å². The molecule has 1 aromatic carbocycles. The van der Waals surface area contributed by atoms with Gasteiger partial charge in [0.15, 0.2) is 5.65 Å². The number of imide groups is 1. The van der Waals surface area contributed by atoms with E-state index < -0.39 is 15.9 Å². The number of carbonyl (C=O) groups is 2. The first-order valence-corrected chi connectivity index (χ1v) is 11.7. The Morgan fingerprint density at radius 2 is 2.03 bits per heavy atom. The van der Waals surface area contributed by atoms with Gasteiger partial charge in [-0.15, -0.1) is 0 Å². The summed E-state index contributed by atoms with van der Waals surface area (Å²) >= 11 is 0. The highest BCUT2D eigenvalue weighted by Crippen LogP contribution is 2.27. The van der Waals surface area contributed by atoms with Crippen LogP contribution in [0.4, 0.5) is 17.6 Å². The van der Waals surface area contributed by atoms with Gasteiger partial charge in [0.1, 0.15) is 0 Å². The van der Waals surface area contributed by atoms with Crippen molar-refractivity contribution >= 4 is 51.1 Å². The van der Waals surface area contributed by atoms with Crippen LogP contribution in [0.25, 0.3) is 11.7 Å². The minimum Gasteiger partial charge on any atom is -0.351 e. The van der Waals surface area contributed by atoms with E-state index >= 15 is 0 Å². The van der Waals surface area contributed by atoms with Crippen LogP contribution in [0, 0.1) is 6.92 Å². The van der Waals surface area contributed by atoms with E-state index in [1.165, 1.54) is 10.6 Å². The highest BCUT2D eigenvalue weighted by Gasteiger charge is 2.26. The summed E-state index contributed by atoms with van der Waals surface area (Å²) in [5.74, 6) is -0.165. The number of hydrogen-bond donors (Lipinski definition) is 4. The standard InChI is InChI=1S/C20H20N8O4S/c1-10-2-3-14(8-15(10)33(21,31)32)23-19-26-17-12(6-11-7-16(29)25-18(11)30)9-22-28(17)20(27-19)24-13-4-5-13/h2-3,6,8-9,13H,4-5,7H2,1H3,(H2,21,31,32)(H,25,29,30)(H2,23,24,26,27)/b11-6+. The number of fused-ring (bicyclic) bond motifs is 1. The van der Waals surface area contributed by atoms with Gasteiger partial charge in [-0.2, -0.15) is 19.6 Å². The van der Waals surface area contributed by atoms with E-state index in [0.29, 0.717) is 34.0 Å². The molecule has 2 fully saturated rings. The maximum Gasteiger partial charge on any atom is 0.254 e. The highest BCUT2D eigenvalue weighted by molar-refractivity contribution is 7.89. The Kier molecular flexibility index (Phi) is 4.87. The van der Waals surface area contributed by atoms with Gasteiger partial charge in [0, 0.05) is 22.9 Å². The lowest BCUT2D eigenvalue weighted by Gasteiger charge is -2.11. The molecule has 2 aromatic heterocycles. The largest absolute Gasteiger partial charge is 0.351 e. The summed E-state index contributed by atoms with van der Waals surface area (Å²) in [5.41, 5.74) is 2.22. The fourth-order valence-electron chi connectivity index (χ4n) is 3.48. The second kappa shape index (κ2) is 7.64. The molecule has 33 heavy (non-hydrogen) atoms. The number of primary sulfonamides is 1. The zero-order valence-corrected chi connectivity index (χ0v) is 18.3. The summed E-state index contributed by atoms with van der Waals surface area (Å²) in [5, 5.41) is 18.2. The van der Waals surface area contributed by atoms with Crippen molar-refractivity contribution < 1.29 is 18.0 Å². The van der Waals surface area contributed by atoms with E-state index in [9.17, 15) is 18.0 Å². The van der Waals surface area contributed by atoms with E-state index in [2.05, 4.69) is 31.0 Å². The van der Waals surface area contributed by atoms with Gasteiger partial charge in [0.2, 0.25) is 27.8 Å². The second-order valence-electron chi connectivity index (χ2n) is 8.00. The number of carbonyl (C=O) groups excluding carboxylic acids is 2. The van der Waals surface area contributed by atoms with Crippen molar-refractivity contribution in [2.45, 2.75) is 37.1 Å². The third-order valence-electron chi connectivity index (χ3n) is 5.28. The molecule has 1 saturated carbocycles. The molecule has 3 heterocycles. The topological polar surface area (TPSA) is 173 Å². The zero-order chi connectivity index (χ0) is 23.3. The minimum absolute atomic E-state index is 0.00315. The number of aryl methyl sites for hydroxylation is 1. The average Bonchev–Trinajstić information content (AvgIpc) is 3.37. The van der Waals surface area contributed by atoms with Gasteiger partial charge < -0.3 is 10.6 Å². The highest BCUT2D eigenvalue weighted by atomic mass is 32.2. The van der Waals surface area contributed by atoms with Crippen molar-refractivity contribution in [1.29, 1.82) is 0 Å². The molecule has 1 aliphatic heterocycles. The lowest BCUT2D eigenvalue weighted by molar-refractivity contribution is -0.124. The molecule has 170 valence electrons. The first-order valence-electron chi connectivity index (χ1n) is 10.1. The summed E-state index contributed by atoms with van der Waals surface area (Å²) in [7, 11) is -3.90. The Labute approximate surface area is 188 Å². The third-order valence-corrected chi connectivity index (χ3v) is 6.33. The smallest absolute Gasteiger partial charge is 0.254 e. The maximum atomic E-state index is 12.0. The van der Waals surface area contributed by atoms with Crippen LogP contribution in [0.15, 0.2) is 34.9 Å². The van der Waals surface area contributed by atoms with Crippen LogP contribution >= 0.6 is 0 Å². The van der Waals surface area contributed by atoms with Gasteiger partial charge >= 0.3 is 0 Å². The van der Waals surface area contributed by atoms with E-state index in [0.717, 1.165) is 12.8 Å². The van der Waals surface area contributed by atoms with Crippen molar-refractivity contribution in [2.24, 2.45) is 5.14 Å². The lowest BCUT2D eigenvalue weighted by atomic mass is 10.1. The summed E-state index contributed by atoms with van der Waals surface area (Å²) in [6.07, 6.45) is 5.11. The number of hydrogen-bond acceptors (Lipinski definition) is 9. The van der Waals surface area contributed by atoms with Crippen LogP contribution in [-0.4, -0.2) is 45.9 Å². The number of benzene rings is 1. The molecule has 0 unspecified atom stereocenters. The summed E-state index contributed by atoms with van der Waals surface area (Å²) in [4.78, 5) is 32.5. The summed E-state index contributed by atoms with van der Waals surface area (Å²) in [6.45, 7) is 1.65. The molecule has 2 aliphatic rings. The number of aromatic nitrogens is 4. The fourth-order valence-corrected chi connectivity index (χ4v) is 4.29. The van der Waals surface area contributed by atoms with Crippen LogP contribution < -0.4 is 21.1 Å². The van der Waals surface area contributed by atoms with Crippen LogP contribution in [0.2, 0.25) is 0 Å². The van der Waals surface area contributed by atoms with Crippen LogP contribution in [-0.2, 0) is 19.6 Å². The first kappa shape index (κ1) is 21.0. The predicted molar refractivity (Wildman–Crippen MR) is 119 cm³/mol. The Bertz CT molecular complexity index is 1460. The molecule has 5 rings (SSSR count). The molecule has 3 aromatic rings. The molecular formula is C20H20N8O4S. The Morgan fingerprint density at radius 3 is 2.70 bits per heavy atom. The predicted octanol–water partition coefficient (Wildman–Crippen LogP) is 0.828. The number of sulfonamides is 1. The normalized spacial score (nSPS) is 17.6. The number of nitrogens with two attached hydrogens (primary N) is 1. The van der Waals surface area contributed by atoms with Crippen molar-refractivity contribution in [1.82, 2.24) is 24.9 Å². The SMILES string of the molecule is Cc1ccc(Nc2nc(NC3CC3)n3ncc(/C=C4\CC(=O)NC4=O)c3n2)cc1S(N)(=O)=O. The quantitative estimate of drug-likeness (QED) is 0.302. The average molecular weight is 468 g/mol. The maximum absolute atomic E-state index is 12.0. The molecular weight excluding hydrogens is 448 g/mol. The molecule has 12 nitrogen and oxygen atoms in total. The van der Waals surface area contributed by atoms with Gasteiger partial charge in [-0.1, -0.05) is 6.07 Å². The van der Waals surface area contributed by atoms with Gasteiger partial charge in [0.25, 0.3) is 5.91 Å². The molecule has 1 aliphatic carbocycles. The van der Waals surface area contributed by atoms with Crippen molar-refractivity contribution in [3.63, 3.8) is 0 Å². The van der Waals surface area contributed by atoms with Crippen molar-refractivity contribution in [2.75, 3.05) is 10.6 Å². The molecule has 5 N–H and O–H groups in total. The van der Waals surface area contributed by atoms with Gasteiger partial charge in [-0.25, -0.2) is 13.6 Å². The minimum atomic E-state index is -3.90. The van der Waals surface area contributed by atoms with Gasteiger partial charge in [-0.3, -0.25) is 14.9 Å². The lowest BCUT2D eigenvalue weighted by Crippen LogP contribution is -2.19. The molecule has 13 heteroatoms. The second-order valence-corrected chi connectivity index (χ2v) is 9.53. The van der Waals surface area contributed by atoms with Crippen LogP contribution in [0.3, 0.4) is 0 Å². The summed E-state index contributed by atoms with van der Waals surface area (Å²) < 4.78 is 25.3. The molecule has 1 saturated heterocycles. The molecule has 0 bridgehead atoms. The van der Waals surface area contributed by atoms with E-state index in [4.69, 9.17) is 5.14 Å². The third kappa shape index (κ3) is 4.27. The number of nitrogens with one attached hydrogen (secondary N) is 3. The number of nitrogens with zero attached hydrogens (tertiary/aromatic N) is 4. The van der Waals surface area contributed by atoms with E-state index in [1.54, 1.807) is 31.3 Å². The van der Waals surface area contributed by atoms with Gasteiger partial charge in [0.05, 0.1) is 17.5 Å². The monoisotopic (exact) mass is 468 g/mol. The Morgan fingerprint density at radius 1 is 1.24 bits per heavy atom. The van der Waals surface area contributed by atoms with Gasteiger partial charge in [-0.05, 0) is 43.5 Å². The number of rotatable bonds is 6. The van der Waals surface area contributed by atoms with Crippen LogP contribution in [0.5, 0.6) is 0 Å². The first-order chi connectivity index (χ1) is 15.7. The van der Waals surface area contributed by atoms with Crippen molar-refractivity contribution in [3.05, 3.63) is 41.1 Å². The molecule has 0 atom stereocenters. The van der Waals surface area contributed by atoms with E-state index in [-0.39, 0.29) is 29.2 Å². The molecule has 0 radical (unpaired) electrons.